The molecule has 2 aliphatic carbocycles. The van der Waals surface area contributed by atoms with E-state index in [1.165, 1.54) is 81.9 Å². The molecule has 0 bridgehead atoms. The molecule has 2 nitrogen and oxygen atoms in total. The van der Waals surface area contributed by atoms with Crippen molar-refractivity contribution < 1.29 is 0 Å². The second kappa shape index (κ2) is 11.6. The summed E-state index contributed by atoms with van der Waals surface area (Å²) >= 11 is 1.77. The van der Waals surface area contributed by atoms with E-state index in [9.17, 15) is 0 Å². The summed E-state index contributed by atoms with van der Waals surface area (Å²) < 4.78 is 1.26. The topological polar surface area (TPSA) is 16.1 Å². The van der Waals surface area contributed by atoms with E-state index in [0.717, 1.165) is 21.9 Å². The van der Waals surface area contributed by atoms with E-state index < -0.39 is 5.41 Å². The molecule has 3 heteroatoms. The summed E-state index contributed by atoms with van der Waals surface area (Å²) in [5, 5.41) is 4.92. The van der Waals surface area contributed by atoms with Gasteiger partial charge < -0.3 is 4.90 Å². The lowest BCUT2D eigenvalue weighted by Crippen LogP contribution is -2.26. The Balaban J connectivity index is 1.11. The van der Waals surface area contributed by atoms with Gasteiger partial charge in [-0.15, -0.1) is 11.3 Å². The van der Waals surface area contributed by atoms with Gasteiger partial charge in [0.2, 0.25) is 0 Å². The van der Waals surface area contributed by atoms with Crippen LogP contribution in [0.3, 0.4) is 0 Å². The molecule has 2 aliphatic rings. The molecule has 0 unspecified atom stereocenters. The van der Waals surface area contributed by atoms with E-state index in [-0.39, 0.29) is 0 Å². The fourth-order valence-electron chi connectivity index (χ4n) is 9.56. The van der Waals surface area contributed by atoms with Crippen LogP contribution in [0.15, 0.2) is 194 Å². The third-order valence-corrected chi connectivity index (χ3v) is 13.0. The molecule has 1 spiro atoms. The standard InChI is InChI=1S/C52H32N2S/c1-2-12-33(13-3-1)34-22-24-37(25-23-34)54(39-30-45-44-28-35-14-4-5-15-36(35)29-50(44)55-51(45)53-32-39)38-26-27-43-42-18-8-11-21-48(42)52(49(43)31-38)46-19-9-6-16-40(46)41-17-7-10-20-47(41)52/h1-32H. The Labute approximate surface area is 323 Å². The molecule has 0 atom stereocenters. The third-order valence-electron chi connectivity index (χ3n) is 11.9. The van der Waals surface area contributed by atoms with Gasteiger partial charge in [-0.2, -0.15) is 0 Å². The van der Waals surface area contributed by atoms with Crippen molar-refractivity contribution in [3.63, 3.8) is 0 Å². The largest absolute Gasteiger partial charge is 0.309 e. The zero-order valence-electron chi connectivity index (χ0n) is 29.8. The normalized spacial score (nSPS) is 13.2. The predicted octanol–water partition coefficient (Wildman–Crippen LogP) is 14.1. The molecule has 55 heavy (non-hydrogen) atoms. The maximum atomic E-state index is 5.16. The number of hydrogen-bond acceptors (Lipinski definition) is 3. The molecule has 2 heterocycles. The molecule has 8 aromatic carbocycles. The average Bonchev–Trinajstić information content (AvgIpc) is 3.87. The van der Waals surface area contributed by atoms with Crippen molar-refractivity contribution in [3.8, 4) is 33.4 Å². The Kier molecular flexibility index (Phi) is 6.46. The van der Waals surface area contributed by atoms with Crippen LogP contribution in [0.1, 0.15) is 22.3 Å². The molecule has 0 aliphatic heterocycles. The highest BCUT2D eigenvalue weighted by atomic mass is 32.1. The molecule has 0 saturated carbocycles. The molecular formula is C52H32N2S. The number of benzene rings is 8. The predicted molar refractivity (Wildman–Crippen MR) is 231 cm³/mol. The van der Waals surface area contributed by atoms with Gasteiger partial charge in [0.1, 0.15) is 4.83 Å². The Bertz CT molecular complexity index is 3090. The molecule has 10 aromatic rings. The minimum atomic E-state index is -0.426. The van der Waals surface area contributed by atoms with Gasteiger partial charge in [-0.3, -0.25) is 0 Å². The molecule has 0 fully saturated rings. The Morgan fingerprint density at radius 1 is 0.400 bits per heavy atom. The van der Waals surface area contributed by atoms with Crippen LogP contribution in [-0.2, 0) is 5.41 Å². The number of thiophene rings is 1. The number of anilines is 3. The van der Waals surface area contributed by atoms with Gasteiger partial charge in [-0.1, -0.05) is 146 Å². The maximum Gasteiger partial charge on any atom is 0.124 e. The van der Waals surface area contributed by atoms with Crippen molar-refractivity contribution in [2.45, 2.75) is 5.41 Å². The maximum absolute atomic E-state index is 5.16. The number of hydrogen-bond donors (Lipinski definition) is 0. The molecular weight excluding hydrogens is 685 g/mol. The first-order chi connectivity index (χ1) is 27.3. The van der Waals surface area contributed by atoms with E-state index in [1.807, 2.05) is 0 Å². The van der Waals surface area contributed by atoms with Crippen LogP contribution < -0.4 is 4.90 Å². The fraction of sp³-hybridized carbons (Fsp3) is 0.0192. The van der Waals surface area contributed by atoms with Crippen molar-refractivity contribution in [2.24, 2.45) is 0 Å². The highest BCUT2D eigenvalue weighted by Gasteiger charge is 2.51. The summed E-state index contributed by atoms with van der Waals surface area (Å²) in [5.41, 5.74) is 15.8. The second-order valence-corrected chi connectivity index (χ2v) is 15.7. The lowest BCUT2D eigenvalue weighted by atomic mass is 9.70. The number of fused-ring (bicyclic) bond motifs is 14. The van der Waals surface area contributed by atoms with Gasteiger partial charge >= 0.3 is 0 Å². The fourth-order valence-corrected chi connectivity index (χ4v) is 10.6. The Morgan fingerprint density at radius 2 is 0.945 bits per heavy atom. The van der Waals surface area contributed by atoms with Gasteiger partial charge in [-0.25, -0.2) is 4.98 Å². The molecule has 2 aromatic heterocycles. The van der Waals surface area contributed by atoms with E-state index in [0.29, 0.717) is 0 Å². The zero-order valence-corrected chi connectivity index (χ0v) is 30.6. The average molecular weight is 717 g/mol. The van der Waals surface area contributed by atoms with Crippen LogP contribution in [0, 0.1) is 0 Å². The smallest absolute Gasteiger partial charge is 0.124 e. The van der Waals surface area contributed by atoms with Crippen LogP contribution in [0.25, 0.3) is 64.5 Å². The van der Waals surface area contributed by atoms with Crippen LogP contribution in [0.4, 0.5) is 17.1 Å². The van der Waals surface area contributed by atoms with E-state index in [1.54, 1.807) is 11.3 Å². The van der Waals surface area contributed by atoms with E-state index in [2.05, 4.69) is 199 Å². The Hall–Kier alpha value is -6.81. The number of pyridine rings is 1. The van der Waals surface area contributed by atoms with Crippen LogP contribution in [0.2, 0.25) is 0 Å². The molecule has 0 saturated heterocycles. The van der Waals surface area contributed by atoms with Crippen LogP contribution in [-0.4, -0.2) is 4.98 Å². The van der Waals surface area contributed by atoms with Crippen molar-refractivity contribution >= 4 is 59.5 Å². The van der Waals surface area contributed by atoms with Gasteiger partial charge in [0.25, 0.3) is 0 Å². The summed E-state index contributed by atoms with van der Waals surface area (Å²) in [7, 11) is 0. The molecule has 12 rings (SSSR count). The minimum Gasteiger partial charge on any atom is -0.309 e. The van der Waals surface area contributed by atoms with Gasteiger partial charge in [0.05, 0.1) is 17.3 Å². The monoisotopic (exact) mass is 716 g/mol. The summed E-state index contributed by atoms with van der Waals surface area (Å²) in [6.07, 6.45) is 2.06. The molecule has 0 N–H and O–H groups in total. The van der Waals surface area contributed by atoms with Crippen molar-refractivity contribution in [3.05, 3.63) is 217 Å². The third kappa shape index (κ3) is 4.33. The molecule has 256 valence electrons. The molecule has 0 radical (unpaired) electrons. The number of rotatable bonds is 4. The lowest BCUT2D eigenvalue weighted by Gasteiger charge is -2.32. The van der Waals surface area contributed by atoms with Crippen molar-refractivity contribution in [1.82, 2.24) is 4.98 Å². The first-order valence-electron chi connectivity index (χ1n) is 18.9. The highest BCUT2D eigenvalue weighted by molar-refractivity contribution is 7.25. The lowest BCUT2D eigenvalue weighted by molar-refractivity contribution is 0.793. The van der Waals surface area contributed by atoms with Gasteiger partial charge in [0, 0.05) is 26.8 Å². The number of aromatic nitrogens is 1. The second-order valence-electron chi connectivity index (χ2n) is 14.7. The molecule has 0 amide bonds. The summed E-state index contributed by atoms with van der Waals surface area (Å²) in [5.74, 6) is 0. The number of nitrogens with zero attached hydrogens (tertiary/aromatic N) is 2. The first-order valence-corrected chi connectivity index (χ1v) is 19.7. The highest BCUT2D eigenvalue weighted by Crippen LogP contribution is 2.63. The first kappa shape index (κ1) is 30.6. The van der Waals surface area contributed by atoms with Crippen molar-refractivity contribution in [2.75, 3.05) is 4.90 Å². The van der Waals surface area contributed by atoms with Crippen molar-refractivity contribution in [1.29, 1.82) is 0 Å². The minimum absolute atomic E-state index is 0.426. The van der Waals surface area contributed by atoms with E-state index in [4.69, 9.17) is 4.98 Å². The SMILES string of the molecule is c1ccc(-c2ccc(N(c3ccc4c(c3)C3(c5ccccc5-c5ccccc53)c3ccccc3-4)c3cnc4sc5cc6ccccc6cc5c4c3)cc2)cc1. The van der Waals surface area contributed by atoms with Crippen LogP contribution >= 0.6 is 11.3 Å². The van der Waals surface area contributed by atoms with Gasteiger partial charge in [-0.05, 0) is 109 Å². The quantitative estimate of drug-likeness (QED) is 0.180. The van der Waals surface area contributed by atoms with Crippen LogP contribution in [0.5, 0.6) is 0 Å². The summed E-state index contributed by atoms with van der Waals surface area (Å²) in [6.45, 7) is 0. The summed E-state index contributed by atoms with van der Waals surface area (Å²) in [4.78, 5) is 8.61. The summed E-state index contributed by atoms with van der Waals surface area (Å²) in [6, 6.07) is 69.4. The zero-order chi connectivity index (χ0) is 36.1. The van der Waals surface area contributed by atoms with Gasteiger partial charge in [0.15, 0.2) is 0 Å². The Morgan fingerprint density at radius 3 is 1.62 bits per heavy atom. The van der Waals surface area contributed by atoms with E-state index >= 15 is 0 Å².